The van der Waals surface area contributed by atoms with Gasteiger partial charge in [0.05, 0.1) is 10.8 Å². The van der Waals surface area contributed by atoms with Crippen molar-refractivity contribution >= 4 is 65.3 Å². The molecule has 1 amide bonds. The number of nitrogens with one attached hydrogen (secondary N) is 1. The summed E-state index contributed by atoms with van der Waals surface area (Å²) >= 11 is 15.0. The van der Waals surface area contributed by atoms with E-state index in [2.05, 4.69) is 5.32 Å². The molecule has 0 fully saturated rings. The van der Waals surface area contributed by atoms with Crippen molar-refractivity contribution in [3.63, 3.8) is 0 Å². The van der Waals surface area contributed by atoms with Crippen molar-refractivity contribution in [1.29, 1.82) is 0 Å². The van der Waals surface area contributed by atoms with Crippen molar-refractivity contribution in [2.75, 3.05) is 6.61 Å². The van der Waals surface area contributed by atoms with E-state index >= 15 is 0 Å². The van der Waals surface area contributed by atoms with E-state index in [1.54, 1.807) is 79.7 Å². The highest BCUT2D eigenvalue weighted by atomic mass is 35.5. The Morgan fingerprint density at radius 1 is 0.763 bits per heavy atom. The van der Waals surface area contributed by atoms with Crippen LogP contribution in [-0.2, 0) is 9.09 Å². The van der Waals surface area contributed by atoms with E-state index in [1.807, 2.05) is 36.4 Å². The molecular formula is C29H24Cl2NO3PS2. The molecule has 194 valence electrons. The molecule has 1 N–H and O–H groups in total. The highest BCUT2D eigenvalue weighted by Crippen LogP contribution is 2.58. The van der Waals surface area contributed by atoms with E-state index < -0.39 is 7.37 Å². The molecule has 0 bridgehead atoms. The summed E-state index contributed by atoms with van der Waals surface area (Å²) in [6.45, 7) is 1.96. The third kappa shape index (κ3) is 7.35. The van der Waals surface area contributed by atoms with Crippen LogP contribution in [0.25, 0.3) is 0 Å². The first kappa shape index (κ1) is 28.6. The quantitative estimate of drug-likeness (QED) is 0.145. The Hall–Kier alpha value is -2.44. The summed E-state index contributed by atoms with van der Waals surface area (Å²) in [6.07, 6.45) is 0. The van der Waals surface area contributed by atoms with Crippen molar-refractivity contribution in [3.8, 4) is 0 Å². The lowest BCUT2D eigenvalue weighted by Gasteiger charge is -2.25. The number of carbonyl (C=O) groups excluding carboxylic acids is 1. The summed E-state index contributed by atoms with van der Waals surface area (Å²) in [5.74, 6) is -0.387. The van der Waals surface area contributed by atoms with Crippen molar-refractivity contribution in [3.05, 3.63) is 134 Å². The third-order valence-corrected chi connectivity index (χ3v) is 10.8. The van der Waals surface area contributed by atoms with Crippen LogP contribution >= 0.6 is 54.1 Å². The molecule has 4 rings (SSSR count). The molecule has 4 aromatic rings. The highest BCUT2D eigenvalue weighted by molar-refractivity contribution is 8.22. The SMILES string of the molecule is CCO[P@@](=O)(C(NC(=O)c1ccccc1)=C(Sc1ccc(Cl)cc1)Sc1ccc(Cl)cc1)c1ccccc1. The number of hydrogen-bond acceptors (Lipinski definition) is 5. The maximum atomic E-state index is 14.8. The highest BCUT2D eigenvalue weighted by Gasteiger charge is 2.36. The second-order valence-corrected chi connectivity index (χ2v) is 13.5. The van der Waals surface area contributed by atoms with Gasteiger partial charge < -0.3 is 9.84 Å². The molecule has 0 saturated carbocycles. The van der Waals surface area contributed by atoms with Crippen LogP contribution in [0.1, 0.15) is 17.3 Å². The second-order valence-electron chi connectivity index (χ2n) is 7.87. The van der Waals surface area contributed by atoms with Gasteiger partial charge in [0, 0.05) is 30.7 Å². The Morgan fingerprint density at radius 3 is 1.71 bits per heavy atom. The molecule has 0 unspecified atom stereocenters. The molecule has 38 heavy (non-hydrogen) atoms. The normalized spacial score (nSPS) is 12.4. The molecule has 0 aliphatic rings. The Bertz CT molecular complexity index is 1400. The molecule has 0 saturated heterocycles. The van der Waals surface area contributed by atoms with Crippen LogP contribution in [0.2, 0.25) is 10.0 Å². The zero-order valence-corrected chi connectivity index (χ0v) is 24.4. The Balaban J connectivity index is 1.92. The zero-order chi connectivity index (χ0) is 27.0. The van der Waals surface area contributed by atoms with Crippen molar-refractivity contribution in [2.24, 2.45) is 0 Å². The van der Waals surface area contributed by atoms with Crippen molar-refractivity contribution in [2.45, 2.75) is 16.7 Å². The summed E-state index contributed by atoms with van der Waals surface area (Å²) < 4.78 is 21.5. The minimum Gasteiger partial charge on any atom is -0.321 e. The average Bonchev–Trinajstić information content (AvgIpc) is 2.94. The fraction of sp³-hybridized carbons (Fsp3) is 0.0690. The van der Waals surface area contributed by atoms with E-state index in [4.69, 9.17) is 27.7 Å². The molecule has 4 aromatic carbocycles. The summed E-state index contributed by atoms with van der Waals surface area (Å²) in [4.78, 5) is 15.2. The van der Waals surface area contributed by atoms with Gasteiger partial charge in [-0.05, 0) is 79.7 Å². The van der Waals surface area contributed by atoms with Gasteiger partial charge in [-0.1, -0.05) is 83.1 Å². The largest absolute Gasteiger partial charge is 0.321 e. The molecular weight excluding hydrogens is 576 g/mol. The predicted molar refractivity (Wildman–Crippen MR) is 161 cm³/mol. The van der Waals surface area contributed by atoms with Gasteiger partial charge in [0.15, 0.2) is 0 Å². The molecule has 0 spiro atoms. The van der Waals surface area contributed by atoms with Crippen LogP contribution in [0.4, 0.5) is 0 Å². The van der Waals surface area contributed by atoms with Crippen LogP contribution in [0, 0.1) is 0 Å². The van der Waals surface area contributed by atoms with Gasteiger partial charge in [-0.15, -0.1) is 0 Å². The third-order valence-electron chi connectivity index (χ3n) is 5.21. The van der Waals surface area contributed by atoms with Gasteiger partial charge in [0.25, 0.3) is 13.3 Å². The first-order valence-electron chi connectivity index (χ1n) is 11.7. The molecule has 0 heterocycles. The van der Waals surface area contributed by atoms with Crippen LogP contribution in [0.15, 0.2) is 129 Å². The summed E-state index contributed by atoms with van der Waals surface area (Å²) in [7, 11) is -3.75. The first-order valence-corrected chi connectivity index (χ1v) is 15.7. The minimum absolute atomic E-state index is 0.182. The maximum Gasteiger partial charge on any atom is 0.278 e. The summed E-state index contributed by atoms with van der Waals surface area (Å²) in [5.41, 5.74) is 0.646. The molecule has 0 aromatic heterocycles. The monoisotopic (exact) mass is 599 g/mol. The van der Waals surface area contributed by atoms with E-state index in [-0.39, 0.29) is 18.0 Å². The maximum absolute atomic E-state index is 14.8. The van der Waals surface area contributed by atoms with Gasteiger partial charge in [-0.2, -0.15) is 0 Å². The zero-order valence-electron chi connectivity index (χ0n) is 20.3. The Morgan fingerprint density at radius 2 is 1.24 bits per heavy atom. The van der Waals surface area contributed by atoms with Gasteiger partial charge >= 0.3 is 0 Å². The number of benzene rings is 4. The fourth-order valence-corrected chi connectivity index (χ4v) is 8.64. The minimum atomic E-state index is -3.75. The van der Waals surface area contributed by atoms with E-state index in [1.165, 1.54) is 23.5 Å². The number of amides is 1. The molecule has 0 aliphatic carbocycles. The Labute approximate surface area is 241 Å². The topological polar surface area (TPSA) is 55.4 Å². The van der Waals surface area contributed by atoms with Crippen LogP contribution in [0.5, 0.6) is 0 Å². The standard InChI is InChI=1S/C29H24Cl2NO3PS2/c1-2-35-36(34,24-11-7-4-8-12-24)28(32-27(33)21-9-5-3-6-10-21)29(37-25-17-13-22(30)14-18-25)38-26-19-15-23(31)16-20-26/h3-20H,2H2,1H3,(H,32,33)/t36-/m1/s1. The fourth-order valence-electron chi connectivity index (χ4n) is 3.43. The van der Waals surface area contributed by atoms with Crippen molar-refractivity contribution < 1.29 is 13.9 Å². The van der Waals surface area contributed by atoms with E-state index in [0.717, 1.165) is 9.79 Å². The Kier molecular flexibility index (Phi) is 10.2. The smallest absolute Gasteiger partial charge is 0.278 e. The number of carbonyl (C=O) groups is 1. The van der Waals surface area contributed by atoms with Crippen LogP contribution < -0.4 is 10.6 Å². The molecule has 4 nitrogen and oxygen atoms in total. The molecule has 0 radical (unpaired) electrons. The second kappa shape index (κ2) is 13.6. The molecule has 0 aliphatic heterocycles. The van der Waals surface area contributed by atoms with Gasteiger partial charge in [0.1, 0.15) is 5.44 Å². The van der Waals surface area contributed by atoms with Gasteiger partial charge in [-0.25, -0.2) is 0 Å². The molecule has 1 atom stereocenters. The van der Waals surface area contributed by atoms with Gasteiger partial charge in [0.2, 0.25) is 0 Å². The number of halogens is 2. The van der Waals surface area contributed by atoms with Crippen molar-refractivity contribution in [1.82, 2.24) is 5.32 Å². The lowest BCUT2D eigenvalue weighted by atomic mass is 10.2. The number of rotatable bonds is 10. The lowest BCUT2D eigenvalue weighted by molar-refractivity contribution is 0.0967. The van der Waals surface area contributed by atoms with Crippen LogP contribution in [0.3, 0.4) is 0 Å². The lowest BCUT2D eigenvalue weighted by Crippen LogP contribution is -2.27. The molecule has 9 heteroatoms. The summed E-state index contributed by atoms with van der Waals surface area (Å²) in [6, 6.07) is 32.4. The van der Waals surface area contributed by atoms with Crippen LogP contribution in [-0.4, -0.2) is 12.5 Å². The van der Waals surface area contributed by atoms with E-state index in [9.17, 15) is 9.36 Å². The van der Waals surface area contributed by atoms with E-state index in [0.29, 0.717) is 25.2 Å². The first-order chi connectivity index (χ1) is 18.4. The number of hydrogen-bond donors (Lipinski definition) is 1. The predicted octanol–water partition coefficient (Wildman–Crippen LogP) is 9.07. The average molecular weight is 601 g/mol. The van der Waals surface area contributed by atoms with Gasteiger partial charge in [-0.3, -0.25) is 9.36 Å². The number of thioether (sulfide) groups is 2. The summed E-state index contributed by atoms with van der Waals surface area (Å²) in [5, 5.41) is 4.67.